The van der Waals surface area contributed by atoms with Gasteiger partial charge < -0.3 is 10.3 Å². The van der Waals surface area contributed by atoms with Gasteiger partial charge in [0, 0.05) is 12.3 Å². The van der Waals surface area contributed by atoms with Crippen molar-refractivity contribution in [2.75, 3.05) is 6.54 Å². The lowest BCUT2D eigenvalue weighted by molar-refractivity contribution is 0.336. The van der Waals surface area contributed by atoms with E-state index in [-0.39, 0.29) is 0 Å². The van der Waals surface area contributed by atoms with E-state index >= 15 is 0 Å². The summed E-state index contributed by atoms with van der Waals surface area (Å²) in [7, 11) is 0. The van der Waals surface area contributed by atoms with Crippen LogP contribution < -0.4 is 5.73 Å². The topological polar surface area (TPSA) is 64.9 Å². The number of aromatic nitrogens is 2. The largest absolute Gasteiger partial charge is 0.339 e. The van der Waals surface area contributed by atoms with Crippen molar-refractivity contribution < 1.29 is 4.52 Å². The van der Waals surface area contributed by atoms with Crippen LogP contribution in [0.25, 0.3) is 0 Å². The third kappa shape index (κ3) is 3.93. The molecule has 0 fully saturated rings. The van der Waals surface area contributed by atoms with Gasteiger partial charge in [-0.3, -0.25) is 0 Å². The van der Waals surface area contributed by atoms with Crippen molar-refractivity contribution in [1.29, 1.82) is 0 Å². The minimum atomic E-state index is 0.430. The van der Waals surface area contributed by atoms with Gasteiger partial charge in [-0.1, -0.05) is 31.8 Å². The SMILES string of the molecule is CCCCC(CC)c1nc(CCCN)no1. The Bertz CT molecular complexity index is 286. The number of nitrogens with two attached hydrogens (primary N) is 1. The molecule has 0 saturated heterocycles. The number of rotatable bonds is 8. The summed E-state index contributed by atoms with van der Waals surface area (Å²) in [5.74, 6) is 2.04. The molecule has 1 unspecified atom stereocenters. The summed E-state index contributed by atoms with van der Waals surface area (Å²) in [6.07, 6.45) is 6.39. The van der Waals surface area contributed by atoms with Crippen LogP contribution in [0.2, 0.25) is 0 Å². The predicted octanol–water partition coefficient (Wildman–Crippen LogP) is 2.64. The first-order valence-electron chi connectivity index (χ1n) is 6.34. The zero-order chi connectivity index (χ0) is 11.8. The summed E-state index contributed by atoms with van der Waals surface area (Å²) < 4.78 is 5.31. The Morgan fingerprint density at radius 1 is 1.31 bits per heavy atom. The Hall–Kier alpha value is -0.900. The molecule has 1 heterocycles. The number of hydrogen-bond donors (Lipinski definition) is 1. The summed E-state index contributed by atoms with van der Waals surface area (Å²) in [6, 6.07) is 0. The van der Waals surface area contributed by atoms with Crippen LogP contribution in [0.15, 0.2) is 4.52 Å². The maximum Gasteiger partial charge on any atom is 0.229 e. The zero-order valence-electron chi connectivity index (χ0n) is 10.4. The van der Waals surface area contributed by atoms with Gasteiger partial charge in [0.25, 0.3) is 0 Å². The Morgan fingerprint density at radius 3 is 2.75 bits per heavy atom. The van der Waals surface area contributed by atoms with Gasteiger partial charge in [-0.25, -0.2) is 0 Å². The molecule has 0 aliphatic rings. The fourth-order valence-corrected chi connectivity index (χ4v) is 1.75. The lowest BCUT2D eigenvalue weighted by Crippen LogP contribution is -2.02. The summed E-state index contributed by atoms with van der Waals surface area (Å²) in [4.78, 5) is 4.44. The third-order valence-corrected chi connectivity index (χ3v) is 2.84. The molecule has 0 spiro atoms. The van der Waals surface area contributed by atoms with E-state index in [1.54, 1.807) is 0 Å². The fourth-order valence-electron chi connectivity index (χ4n) is 1.75. The minimum Gasteiger partial charge on any atom is -0.339 e. The van der Waals surface area contributed by atoms with E-state index in [0.29, 0.717) is 12.5 Å². The summed E-state index contributed by atoms with van der Waals surface area (Å²) in [5.41, 5.74) is 5.45. The van der Waals surface area contributed by atoms with Crippen molar-refractivity contribution in [2.24, 2.45) is 5.73 Å². The Morgan fingerprint density at radius 2 is 2.12 bits per heavy atom. The van der Waals surface area contributed by atoms with Crippen molar-refractivity contribution in [2.45, 2.75) is 58.3 Å². The van der Waals surface area contributed by atoms with E-state index in [4.69, 9.17) is 10.3 Å². The fraction of sp³-hybridized carbons (Fsp3) is 0.833. The van der Waals surface area contributed by atoms with Crippen LogP contribution >= 0.6 is 0 Å². The molecule has 0 aliphatic carbocycles. The third-order valence-electron chi connectivity index (χ3n) is 2.84. The average molecular weight is 225 g/mol. The molecule has 1 atom stereocenters. The van der Waals surface area contributed by atoms with Crippen molar-refractivity contribution in [1.82, 2.24) is 10.1 Å². The van der Waals surface area contributed by atoms with Gasteiger partial charge in [0.1, 0.15) is 0 Å². The van der Waals surface area contributed by atoms with E-state index in [1.807, 2.05) is 0 Å². The summed E-state index contributed by atoms with van der Waals surface area (Å²) >= 11 is 0. The molecule has 0 bridgehead atoms. The van der Waals surface area contributed by atoms with Crippen LogP contribution in [0.5, 0.6) is 0 Å². The van der Waals surface area contributed by atoms with Crippen LogP contribution in [-0.4, -0.2) is 16.7 Å². The van der Waals surface area contributed by atoms with Crippen LogP contribution in [-0.2, 0) is 6.42 Å². The van der Waals surface area contributed by atoms with Gasteiger partial charge in [0.15, 0.2) is 5.82 Å². The molecule has 16 heavy (non-hydrogen) atoms. The summed E-state index contributed by atoms with van der Waals surface area (Å²) in [5, 5.41) is 3.99. The lowest BCUT2D eigenvalue weighted by Gasteiger charge is -2.07. The van der Waals surface area contributed by atoms with E-state index in [9.17, 15) is 0 Å². The minimum absolute atomic E-state index is 0.430. The Balaban J connectivity index is 2.52. The highest BCUT2D eigenvalue weighted by molar-refractivity contribution is 4.93. The van der Waals surface area contributed by atoms with E-state index in [1.165, 1.54) is 12.8 Å². The number of aryl methyl sites for hydroxylation is 1. The second kappa shape index (κ2) is 7.39. The van der Waals surface area contributed by atoms with Crippen LogP contribution in [0.4, 0.5) is 0 Å². The first-order valence-corrected chi connectivity index (χ1v) is 6.34. The Labute approximate surface area is 97.6 Å². The highest BCUT2D eigenvalue weighted by atomic mass is 16.5. The maximum absolute atomic E-state index is 5.45. The molecule has 0 radical (unpaired) electrons. The van der Waals surface area contributed by atoms with Gasteiger partial charge in [-0.2, -0.15) is 4.98 Å². The van der Waals surface area contributed by atoms with Gasteiger partial charge in [0.2, 0.25) is 5.89 Å². The van der Waals surface area contributed by atoms with Crippen molar-refractivity contribution in [3.63, 3.8) is 0 Å². The molecule has 92 valence electrons. The molecule has 1 aromatic heterocycles. The van der Waals surface area contributed by atoms with Crippen molar-refractivity contribution in [3.05, 3.63) is 11.7 Å². The molecule has 4 nitrogen and oxygen atoms in total. The van der Waals surface area contributed by atoms with Gasteiger partial charge in [0.05, 0.1) is 0 Å². The van der Waals surface area contributed by atoms with Gasteiger partial charge in [-0.15, -0.1) is 0 Å². The molecule has 0 aliphatic heterocycles. The van der Waals surface area contributed by atoms with Gasteiger partial charge in [-0.05, 0) is 25.8 Å². The summed E-state index contributed by atoms with van der Waals surface area (Å²) in [6.45, 7) is 5.05. The van der Waals surface area contributed by atoms with Crippen LogP contribution in [0, 0.1) is 0 Å². The second-order valence-electron chi connectivity index (χ2n) is 4.19. The van der Waals surface area contributed by atoms with E-state index in [2.05, 4.69) is 24.0 Å². The smallest absolute Gasteiger partial charge is 0.229 e. The zero-order valence-corrected chi connectivity index (χ0v) is 10.4. The molecule has 0 amide bonds. The number of unbranched alkanes of at least 4 members (excludes halogenated alkanes) is 1. The quantitative estimate of drug-likeness (QED) is 0.738. The number of hydrogen-bond acceptors (Lipinski definition) is 4. The first-order chi connectivity index (χ1) is 7.81. The lowest BCUT2D eigenvalue weighted by atomic mass is 9.99. The molecule has 0 aromatic carbocycles. The van der Waals surface area contributed by atoms with Gasteiger partial charge >= 0.3 is 0 Å². The normalized spacial score (nSPS) is 12.9. The van der Waals surface area contributed by atoms with E-state index in [0.717, 1.165) is 37.4 Å². The van der Waals surface area contributed by atoms with Crippen molar-refractivity contribution >= 4 is 0 Å². The molecule has 1 rings (SSSR count). The van der Waals surface area contributed by atoms with E-state index < -0.39 is 0 Å². The first kappa shape index (κ1) is 13.2. The molecular formula is C12H23N3O. The monoisotopic (exact) mass is 225 g/mol. The maximum atomic E-state index is 5.45. The molecule has 1 aromatic rings. The predicted molar refractivity (Wildman–Crippen MR) is 64.2 cm³/mol. The number of nitrogens with zero attached hydrogens (tertiary/aromatic N) is 2. The van der Waals surface area contributed by atoms with Crippen molar-refractivity contribution in [3.8, 4) is 0 Å². The highest BCUT2D eigenvalue weighted by Gasteiger charge is 2.16. The van der Waals surface area contributed by atoms with Crippen LogP contribution in [0.3, 0.4) is 0 Å². The van der Waals surface area contributed by atoms with Crippen LogP contribution in [0.1, 0.15) is 63.6 Å². The molecule has 0 saturated carbocycles. The second-order valence-corrected chi connectivity index (χ2v) is 4.19. The standard InChI is InChI=1S/C12H23N3O/c1-3-5-7-10(4-2)12-14-11(15-16-12)8-6-9-13/h10H,3-9,13H2,1-2H3. The molecule has 2 N–H and O–H groups in total. The Kier molecular flexibility index (Phi) is 6.08. The average Bonchev–Trinajstić information content (AvgIpc) is 2.76. The molecule has 4 heteroatoms. The highest BCUT2D eigenvalue weighted by Crippen LogP contribution is 2.23. The molecular weight excluding hydrogens is 202 g/mol.